The largest absolute Gasteiger partial charge is 0.462 e. The van der Waals surface area contributed by atoms with E-state index in [2.05, 4.69) is 5.32 Å². The molecule has 1 aliphatic heterocycles. The number of carbonyl (C=O) groups excluding carboxylic acids is 1. The van der Waals surface area contributed by atoms with Gasteiger partial charge in [-0.05, 0) is 44.0 Å². The van der Waals surface area contributed by atoms with Gasteiger partial charge in [-0.25, -0.2) is 4.79 Å². The standard InChI is InChI=1S/C19H23NO4/c1-2-22-19(21)15-7-5-14(6-8-15)18-10-9-17(24-18)13-20-12-16-4-3-11-23-16/h5-10,16,20H,2-4,11-13H2,1H3. The van der Waals surface area contributed by atoms with Crippen LogP contribution < -0.4 is 5.32 Å². The summed E-state index contributed by atoms with van der Waals surface area (Å²) in [6, 6.07) is 11.2. The maximum absolute atomic E-state index is 11.7. The lowest BCUT2D eigenvalue weighted by molar-refractivity contribution is 0.0526. The Morgan fingerprint density at radius 3 is 2.79 bits per heavy atom. The van der Waals surface area contributed by atoms with Gasteiger partial charge in [-0.1, -0.05) is 12.1 Å². The quantitative estimate of drug-likeness (QED) is 0.789. The second-order valence-electron chi connectivity index (χ2n) is 5.83. The van der Waals surface area contributed by atoms with E-state index in [1.54, 1.807) is 19.1 Å². The number of furan rings is 1. The molecular weight excluding hydrogens is 306 g/mol. The second-order valence-corrected chi connectivity index (χ2v) is 5.83. The molecule has 0 aliphatic carbocycles. The Labute approximate surface area is 141 Å². The fraction of sp³-hybridized carbons (Fsp3) is 0.421. The Morgan fingerprint density at radius 1 is 1.25 bits per heavy atom. The molecule has 1 aromatic carbocycles. The highest BCUT2D eigenvalue weighted by atomic mass is 16.5. The minimum Gasteiger partial charge on any atom is -0.462 e. The molecule has 3 rings (SSSR count). The van der Waals surface area contributed by atoms with Gasteiger partial charge in [-0.15, -0.1) is 0 Å². The normalized spacial score (nSPS) is 17.1. The van der Waals surface area contributed by atoms with Crippen LogP contribution in [0, 0.1) is 0 Å². The summed E-state index contributed by atoms with van der Waals surface area (Å²) in [5, 5.41) is 3.37. The van der Waals surface area contributed by atoms with Crippen LogP contribution >= 0.6 is 0 Å². The number of benzene rings is 1. The molecule has 0 spiro atoms. The van der Waals surface area contributed by atoms with E-state index >= 15 is 0 Å². The monoisotopic (exact) mass is 329 g/mol. The summed E-state index contributed by atoms with van der Waals surface area (Å²) in [6.07, 6.45) is 2.61. The molecule has 2 aromatic rings. The van der Waals surface area contributed by atoms with E-state index in [0.717, 1.165) is 43.1 Å². The van der Waals surface area contributed by atoms with E-state index in [0.29, 0.717) is 24.8 Å². The van der Waals surface area contributed by atoms with Crippen LogP contribution in [0.1, 0.15) is 35.9 Å². The van der Waals surface area contributed by atoms with Gasteiger partial charge in [0.15, 0.2) is 0 Å². The van der Waals surface area contributed by atoms with Gasteiger partial charge >= 0.3 is 5.97 Å². The van der Waals surface area contributed by atoms with Crippen molar-refractivity contribution in [2.45, 2.75) is 32.4 Å². The summed E-state index contributed by atoms with van der Waals surface area (Å²) >= 11 is 0. The van der Waals surface area contributed by atoms with Gasteiger partial charge in [-0.2, -0.15) is 0 Å². The number of hydrogen-bond donors (Lipinski definition) is 1. The van der Waals surface area contributed by atoms with Crippen LogP contribution in [0.3, 0.4) is 0 Å². The molecule has 1 fully saturated rings. The fourth-order valence-electron chi connectivity index (χ4n) is 2.77. The first-order valence-electron chi connectivity index (χ1n) is 8.45. The summed E-state index contributed by atoms with van der Waals surface area (Å²) in [5.41, 5.74) is 1.49. The third-order valence-corrected chi connectivity index (χ3v) is 4.04. The first-order chi connectivity index (χ1) is 11.8. The zero-order valence-corrected chi connectivity index (χ0v) is 13.9. The molecule has 2 heterocycles. The van der Waals surface area contributed by atoms with Crippen LogP contribution in [0.4, 0.5) is 0 Å². The first kappa shape index (κ1) is 16.7. The highest BCUT2D eigenvalue weighted by molar-refractivity contribution is 5.89. The zero-order valence-electron chi connectivity index (χ0n) is 13.9. The van der Waals surface area contributed by atoms with Crippen molar-refractivity contribution in [1.29, 1.82) is 0 Å². The zero-order chi connectivity index (χ0) is 16.8. The van der Waals surface area contributed by atoms with Crippen LogP contribution in [-0.2, 0) is 16.0 Å². The van der Waals surface area contributed by atoms with Crippen molar-refractivity contribution in [2.24, 2.45) is 0 Å². The molecule has 0 saturated carbocycles. The highest BCUT2D eigenvalue weighted by Crippen LogP contribution is 2.23. The van der Waals surface area contributed by atoms with Crippen molar-refractivity contribution in [3.63, 3.8) is 0 Å². The van der Waals surface area contributed by atoms with Crippen LogP contribution in [0.5, 0.6) is 0 Å². The topological polar surface area (TPSA) is 60.7 Å². The Bertz CT molecular complexity index is 656. The Hall–Kier alpha value is -2.11. The highest BCUT2D eigenvalue weighted by Gasteiger charge is 2.15. The molecule has 128 valence electrons. The van der Waals surface area contributed by atoms with E-state index in [9.17, 15) is 4.79 Å². The van der Waals surface area contributed by atoms with E-state index in [1.165, 1.54) is 0 Å². The Morgan fingerprint density at radius 2 is 2.08 bits per heavy atom. The predicted octanol–water partition coefficient (Wildman–Crippen LogP) is 3.39. The molecule has 1 saturated heterocycles. The van der Waals surface area contributed by atoms with Gasteiger partial charge < -0.3 is 19.2 Å². The maximum atomic E-state index is 11.7. The summed E-state index contributed by atoms with van der Waals surface area (Å²) in [6.45, 7) is 4.58. The molecule has 5 nitrogen and oxygen atoms in total. The average Bonchev–Trinajstić information content (AvgIpc) is 3.27. The lowest BCUT2D eigenvalue weighted by atomic mass is 10.1. The van der Waals surface area contributed by atoms with Crippen molar-refractivity contribution in [1.82, 2.24) is 5.32 Å². The minimum atomic E-state index is -0.303. The maximum Gasteiger partial charge on any atom is 0.338 e. The van der Waals surface area contributed by atoms with Gasteiger partial charge in [0.2, 0.25) is 0 Å². The molecule has 1 aliphatic rings. The molecule has 1 unspecified atom stereocenters. The molecule has 1 aromatic heterocycles. The first-order valence-corrected chi connectivity index (χ1v) is 8.45. The summed E-state index contributed by atoms with van der Waals surface area (Å²) in [5.74, 6) is 1.37. The predicted molar refractivity (Wildman–Crippen MR) is 90.8 cm³/mol. The number of nitrogens with one attached hydrogen (secondary N) is 1. The summed E-state index contributed by atoms with van der Waals surface area (Å²) in [7, 11) is 0. The molecule has 0 radical (unpaired) electrons. The van der Waals surface area contributed by atoms with Crippen LogP contribution in [-0.4, -0.2) is 31.8 Å². The average molecular weight is 329 g/mol. The van der Waals surface area contributed by atoms with E-state index in [1.807, 2.05) is 24.3 Å². The molecule has 0 amide bonds. The minimum absolute atomic E-state index is 0.303. The second kappa shape index (κ2) is 8.13. The number of ether oxygens (including phenoxy) is 2. The van der Waals surface area contributed by atoms with Gasteiger partial charge in [0.05, 0.1) is 24.8 Å². The lowest BCUT2D eigenvalue weighted by Crippen LogP contribution is -2.25. The smallest absolute Gasteiger partial charge is 0.338 e. The fourth-order valence-corrected chi connectivity index (χ4v) is 2.77. The summed E-state index contributed by atoms with van der Waals surface area (Å²) in [4.78, 5) is 11.7. The van der Waals surface area contributed by atoms with Gasteiger partial charge in [0.1, 0.15) is 11.5 Å². The van der Waals surface area contributed by atoms with Crippen LogP contribution in [0.15, 0.2) is 40.8 Å². The van der Waals surface area contributed by atoms with Gasteiger partial charge in [0, 0.05) is 18.7 Å². The molecule has 1 atom stereocenters. The van der Waals surface area contributed by atoms with Crippen LogP contribution in [0.25, 0.3) is 11.3 Å². The molecule has 0 bridgehead atoms. The SMILES string of the molecule is CCOC(=O)c1ccc(-c2ccc(CNCC3CCCO3)o2)cc1. The van der Waals surface area contributed by atoms with Crippen molar-refractivity contribution in [3.05, 3.63) is 47.7 Å². The van der Waals surface area contributed by atoms with Crippen molar-refractivity contribution in [3.8, 4) is 11.3 Å². The van der Waals surface area contributed by atoms with E-state index < -0.39 is 0 Å². The number of carbonyl (C=O) groups is 1. The van der Waals surface area contributed by atoms with Crippen molar-refractivity contribution in [2.75, 3.05) is 19.8 Å². The Balaban J connectivity index is 1.55. The van der Waals surface area contributed by atoms with Gasteiger partial charge in [0.25, 0.3) is 0 Å². The van der Waals surface area contributed by atoms with Crippen LogP contribution in [0.2, 0.25) is 0 Å². The van der Waals surface area contributed by atoms with Crippen molar-refractivity contribution < 1.29 is 18.7 Å². The number of esters is 1. The molecule has 5 heteroatoms. The summed E-state index contributed by atoms with van der Waals surface area (Å²) < 4.78 is 16.4. The third-order valence-electron chi connectivity index (χ3n) is 4.04. The molecule has 24 heavy (non-hydrogen) atoms. The molecular formula is C19H23NO4. The number of rotatable bonds is 7. The third kappa shape index (κ3) is 4.24. The van der Waals surface area contributed by atoms with Gasteiger partial charge in [-0.3, -0.25) is 0 Å². The Kier molecular flexibility index (Phi) is 5.67. The van der Waals surface area contributed by atoms with E-state index in [-0.39, 0.29) is 5.97 Å². The molecule has 1 N–H and O–H groups in total. The van der Waals surface area contributed by atoms with Crippen molar-refractivity contribution >= 4 is 5.97 Å². The van der Waals surface area contributed by atoms with E-state index in [4.69, 9.17) is 13.9 Å². The number of hydrogen-bond acceptors (Lipinski definition) is 5. The lowest BCUT2D eigenvalue weighted by Gasteiger charge is -2.09.